The number of furan rings is 1. The number of fused-ring (bicyclic) bond motifs is 15. The van der Waals surface area contributed by atoms with Gasteiger partial charge >= 0.3 is 0 Å². The Morgan fingerprint density at radius 2 is 0.846 bits per heavy atom. The predicted octanol–water partition coefficient (Wildman–Crippen LogP) is 17.0. The SMILES string of the molecule is c1cc(-c2cccc3ccccc23)cc(N(c2ccccc2-c2cccc3c2oc2cc4ccccc4cc23)c2cccc3c2-c2ccccc2C32c3ccccc3-c3ccccc32)c1. The Hall–Kier alpha value is -8.46. The van der Waals surface area contributed by atoms with E-state index >= 15 is 0 Å². The third-order valence-corrected chi connectivity index (χ3v) is 14.2. The summed E-state index contributed by atoms with van der Waals surface area (Å²) in [7, 11) is 0. The number of nitrogens with zero attached hydrogens (tertiary/aromatic N) is 1. The molecule has 2 heteroatoms. The third kappa shape index (κ3) is 5.05. The van der Waals surface area contributed by atoms with Crippen LogP contribution in [0.5, 0.6) is 0 Å². The summed E-state index contributed by atoms with van der Waals surface area (Å²) in [5.41, 5.74) is 19.5. The predicted molar refractivity (Wildman–Crippen MR) is 271 cm³/mol. The van der Waals surface area contributed by atoms with Crippen molar-refractivity contribution >= 4 is 60.5 Å². The van der Waals surface area contributed by atoms with Crippen LogP contribution in [0.3, 0.4) is 0 Å². The summed E-state index contributed by atoms with van der Waals surface area (Å²) in [5, 5.41) is 7.06. The summed E-state index contributed by atoms with van der Waals surface area (Å²) >= 11 is 0. The van der Waals surface area contributed by atoms with Crippen molar-refractivity contribution in [3.8, 4) is 44.5 Å². The van der Waals surface area contributed by atoms with E-state index in [0.717, 1.165) is 55.7 Å². The molecular formula is C63H39NO. The van der Waals surface area contributed by atoms with Gasteiger partial charge < -0.3 is 9.32 Å². The van der Waals surface area contributed by atoms with Gasteiger partial charge in [0.25, 0.3) is 0 Å². The first-order chi connectivity index (χ1) is 32.3. The van der Waals surface area contributed by atoms with E-state index in [0.29, 0.717) is 0 Å². The van der Waals surface area contributed by atoms with Crippen LogP contribution in [0.25, 0.3) is 88.0 Å². The molecule has 1 spiro atoms. The fourth-order valence-electron chi connectivity index (χ4n) is 11.6. The topological polar surface area (TPSA) is 16.4 Å². The number of hydrogen-bond acceptors (Lipinski definition) is 2. The van der Waals surface area contributed by atoms with E-state index in [4.69, 9.17) is 4.42 Å². The molecular weight excluding hydrogens is 787 g/mol. The molecule has 2 nitrogen and oxygen atoms in total. The van der Waals surface area contributed by atoms with Gasteiger partial charge in [-0.1, -0.05) is 200 Å². The normalized spacial score (nSPS) is 13.0. The van der Waals surface area contributed by atoms with E-state index in [1.807, 2.05) is 0 Å². The van der Waals surface area contributed by atoms with Crippen molar-refractivity contribution in [1.82, 2.24) is 0 Å². The molecule has 302 valence electrons. The molecule has 0 radical (unpaired) electrons. The van der Waals surface area contributed by atoms with Crippen LogP contribution < -0.4 is 4.90 Å². The van der Waals surface area contributed by atoms with Crippen LogP contribution >= 0.6 is 0 Å². The molecule has 0 fully saturated rings. The highest BCUT2D eigenvalue weighted by molar-refractivity contribution is 6.14. The number of anilines is 3. The zero-order valence-electron chi connectivity index (χ0n) is 35.4. The van der Waals surface area contributed by atoms with Crippen molar-refractivity contribution in [3.05, 3.63) is 259 Å². The molecule has 2 aliphatic carbocycles. The van der Waals surface area contributed by atoms with Gasteiger partial charge in [0.05, 0.1) is 16.8 Å². The number of rotatable bonds is 5. The first-order valence-electron chi connectivity index (χ1n) is 22.5. The second-order valence-corrected chi connectivity index (χ2v) is 17.5. The molecule has 0 unspecified atom stereocenters. The Labute approximate surface area is 376 Å². The van der Waals surface area contributed by atoms with Crippen molar-refractivity contribution < 1.29 is 4.42 Å². The van der Waals surface area contributed by atoms with Gasteiger partial charge in [-0.2, -0.15) is 0 Å². The molecule has 65 heavy (non-hydrogen) atoms. The summed E-state index contributed by atoms with van der Waals surface area (Å²) in [6.45, 7) is 0. The Kier molecular flexibility index (Phi) is 7.64. The summed E-state index contributed by atoms with van der Waals surface area (Å²) in [5.74, 6) is 0. The van der Waals surface area contributed by atoms with E-state index in [2.05, 4.69) is 241 Å². The zero-order chi connectivity index (χ0) is 42.6. The van der Waals surface area contributed by atoms with Crippen molar-refractivity contribution in [2.45, 2.75) is 5.41 Å². The molecule has 0 amide bonds. The maximum Gasteiger partial charge on any atom is 0.143 e. The first-order valence-corrected chi connectivity index (χ1v) is 22.5. The Balaban J connectivity index is 1.06. The lowest BCUT2D eigenvalue weighted by atomic mass is 9.70. The van der Waals surface area contributed by atoms with Gasteiger partial charge in [0.1, 0.15) is 11.2 Å². The average Bonchev–Trinajstić information content (AvgIpc) is 4.00. The Bertz CT molecular complexity index is 3880. The lowest BCUT2D eigenvalue weighted by molar-refractivity contribution is 0.670. The van der Waals surface area contributed by atoms with Gasteiger partial charge in [-0.25, -0.2) is 0 Å². The van der Waals surface area contributed by atoms with Crippen LogP contribution in [-0.4, -0.2) is 0 Å². The van der Waals surface area contributed by atoms with Gasteiger partial charge in [0, 0.05) is 33.2 Å². The molecule has 0 N–H and O–H groups in total. The van der Waals surface area contributed by atoms with Crippen LogP contribution in [0.1, 0.15) is 22.3 Å². The van der Waals surface area contributed by atoms with Crippen molar-refractivity contribution in [1.29, 1.82) is 0 Å². The minimum absolute atomic E-state index is 0.478. The number of para-hydroxylation sites is 2. The minimum atomic E-state index is -0.478. The van der Waals surface area contributed by atoms with E-state index in [1.54, 1.807) is 0 Å². The highest BCUT2D eigenvalue weighted by atomic mass is 16.3. The summed E-state index contributed by atoms with van der Waals surface area (Å²) in [4.78, 5) is 2.52. The molecule has 0 saturated carbocycles. The molecule has 14 rings (SSSR count). The highest BCUT2D eigenvalue weighted by Gasteiger charge is 2.52. The largest absolute Gasteiger partial charge is 0.455 e. The fraction of sp³-hybridized carbons (Fsp3) is 0.0159. The Morgan fingerprint density at radius 3 is 1.65 bits per heavy atom. The van der Waals surface area contributed by atoms with Crippen molar-refractivity contribution in [2.75, 3.05) is 4.90 Å². The molecule has 0 bridgehead atoms. The molecule has 2 aliphatic rings. The Morgan fingerprint density at radius 1 is 0.323 bits per heavy atom. The van der Waals surface area contributed by atoms with E-state index in [9.17, 15) is 0 Å². The zero-order valence-corrected chi connectivity index (χ0v) is 35.4. The molecule has 1 aromatic heterocycles. The number of hydrogen-bond donors (Lipinski definition) is 0. The summed E-state index contributed by atoms with van der Waals surface area (Å²) < 4.78 is 6.94. The van der Waals surface area contributed by atoms with Gasteiger partial charge in [0.2, 0.25) is 0 Å². The molecule has 11 aromatic carbocycles. The highest BCUT2D eigenvalue weighted by Crippen LogP contribution is 2.65. The monoisotopic (exact) mass is 825 g/mol. The molecule has 12 aromatic rings. The summed E-state index contributed by atoms with van der Waals surface area (Å²) in [6.07, 6.45) is 0. The fourth-order valence-corrected chi connectivity index (χ4v) is 11.6. The van der Waals surface area contributed by atoms with Crippen LogP contribution in [0, 0.1) is 0 Å². The molecule has 0 atom stereocenters. The maximum atomic E-state index is 6.94. The van der Waals surface area contributed by atoms with Crippen LogP contribution in [0.2, 0.25) is 0 Å². The molecule has 0 aliphatic heterocycles. The third-order valence-electron chi connectivity index (χ3n) is 14.2. The smallest absolute Gasteiger partial charge is 0.143 e. The first kappa shape index (κ1) is 36.1. The van der Waals surface area contributed by atoms with Crippen molar-refractivity contribution in [3.63, 3.8) is 0 Å². The molecule has 1 heterocycles. The second kappa shape index (κ2) is 13.8. The standard InChI is InChI=1S/C63H39NO/c1-2-19-42-39-60-53(38-41(42)18-1)51-30-15-29-50(62(51)65-60)49-26-8-12-35-58(49)64(44-22-13-21-43(37-44)46-28-14-20-40-17-3-4-23-45(40)46)59-36-16-34-57-61(59)52-27-7-11-33-56(52)63(57)54-31-9-5-24-47(54)48-25-6-10-32-55(48)63/h1-39H. The lowest BCUT2D eigenvalue weighted by Crippen LogP contribution is -2.26. The van der Waals surface area contributed by atoms with E-state index < -0.39 is 5.41 Å². The van der Waals surface area contributed by atoms with Gasteiger partial charge in [-0.05, 0) is 108 Å². The van der Waals surface area contributed by atoms with Gasteiger partial charge in [-0.3, -0.25) is 0 Å². The lowest BCUT2D eigenvalue weighted by Gasteiger charge is -2.32. The second-order valence-electron chi connectivity index (χ2n) is 17.5. The minimum Gasteiger partial charge on any atom is -0.455 e. The van der Waals surface area contributed by atoms with Crippen molar-refractivity contribution in [2.24, 2.45) is 0 Å². The van der Waals surface area contributed by atoms with Gasteiger partial charge in [0.15, 0.2) is 0 Å². The van der Waals surface area contributed by atoms with Crippen LogP contribution in [0.15, 0.2) is 241 Å². The van der Waals surface area contributed by atoms with E-state index in [-0.39, 0.29) is 0 Å². The van der Waals surface area contributed by atoms with Crippen LogP contribution in [-0.2, 0) is 5.41 Å². The van der Waals surface area contributed by atoms with E-state index in [1.165, 1.54) is 71.6 Å². The van der Waals surface area contributed by atoms with Crippen LogP contribution in [0.4, 0.5) is 17.1 Å². The molecule has 0 saturated heterocycles. The van der Waals surface area contributed by atoms with Gasteiger partial charge in [-0.15, -0.1) is 0 Å². The average molecular weight is 826 g/mol. The maximum absolute atomic E-state index is 6.94. The summed E-state index contributed by atoms with van der Waals surface area (Å²) in [6, 6.07) is 87.1. The quantitative estimate of drug-likeness (QED) is 0.172. The number of benzene rings is 11.